The van der Waals surface area contributed by atoms with E-state index in [1.807, 2.05) is 50.3 Å². The van der Waals surface area contributed by atoms with Crippen LogP contribution in [0.2, 0.25) is 0 Å². The van der Waals surface area contributed by atoms with Crippen molar-refractivity contribution in [2.75, 3.05) is 6.61 Å². The van der Waals surface area contributed by atoms with E-state index in [0.29, 0.717) is 6.61 Å². The number of allylic oxidation sites excluding steroid dienone is 1. The molecular weight excluding hydrogens is 200 g/mol. The van der Waals surface area contributed by atoms with Crippen molar-refractivity contribution in [2.24, 2.45) is 0 Å². The second kappa shape index (κ2) is 6.72. The highest BCUT2D eigenvalue weighted by Crippen LogP contribution is 2.07. The van der Waals surface area contributed by atoms with Gasteiger partial charge in [-0.05, 0) is 30.6 Å². The minimum atomic E-state index is 0.00307. The zero-order chi connectivity index (χ0) is 11.8. The van der Waals surface area contributed by atoms with Gasteiger partial charge >= 0.3 is 0 Å². The second-order valence-electron chi connectivity index (χ2n) is 3.64. The fourth-order valence-electron chi connectivity index (χ4n) is 1.30. The molecule has 86 valence electrons. The third-order valence-electron chi connectivity index (χ3n) is 2.04. The molecule has 0 atom stereocenters. The van der Waals surface area contributed by atoms with E-state index >= 15 is 0 Å². The lowest BCUT2D eigenvalue weighted by Gasteiger charge is -2.04. The molecule has 1 rings (SSSR count). The van der Waals surface area contributed by atoms with Gasteiger partial charge in [0.15, 0.2) is 0 Å². The van der Waals surface area contributed by atoms with E-state index < -0.39 is 0 Å². The Bertz CT molecular complexity index is 364. The number of aliphatic hydroxyl groups excluding tert-OH is 1. The van der Waals surface area contributed by atoms with Crippen LogP contribution in [0.4, 0.5) is 0 Å². The van der Waals surface area contributed by atoms with Crippen molar-refractivity contribution in [3.63, 3.8) is 0 Å². The smallest absolute Gasteiger partial charge is 0.272 e. The van der Waals surface area contributed by atoms with Crippen LogP contribution in [0.1, 0.15) is 25.8 Å². The molecule has 0 aliphatic carbocycles. The lowest BCUT2D eigenvalue weighted by molar-refractivity contribution is 0.107. The highest BCUT2D eigenvalue weighted by Gasteiger charge is 1.95. The average molecular weight is 218 g/mol. The quantitative estimate of drug-likeness (QED) is 0.759. The third kappa shape index (κ3) is 4.69. The van der Waals surface area contributed by atoms with Crippen molar-refractivity contribution in [2.45, 2.75) is 20.3 Å². The molecule has 0 aliphatic rings. The first kappa shape index (κ1) is 12.4. The van der Waals surface area contributed by atoms with Crippen LogP contribution in [-0.2, 0) is 4.74 Å². The maximum absolute atomic E-state index is 9.28. The molecule has 1 aromatic carbocycles. The van der Waals surface area contributed by atoms with Gasteiger partial charge in [-0.1, -0.05) is 43.3 Å². The Morgan fingerprint density at radius 2 is 2.00 bits per heavy atom. The topological polar surface area (TPSA) is 29.5 Å². The summed E-state index contributed by atoms with van der Waals surface area (Å²) in [6.07, 6.45) is 4.46. The Morgan fingerprint density at radius 1 is 1.31 bits per heavy atom. The molecule has 1 aromatic rings. The van der Waals surface area contributed by atoms with Gasteiger partial charge in [0, 0.05) is 0 Å². The van der Waals surface area contributed by atoms with Crippen molar-refractivity contribution in [1.82, 2.24) is 0 Å². The number of ether oxygens (including phenoxy) is 1. The van der Waals surface area contributed by atoms with Crippen LogP contribution in [0.3, 0.4) is 0 Å². The van der Waals surface area contributed by atoms with Gasteiger partial charge in [-0.2, -0.15) is 0 Å². The van der Waals surface area contributed by atoms with Gasteiger partial charge in [0.2, 0.25) is 0 Å². The SMILES string of the molecule is CC/C=C(\O)OC/C(C)=C/c1ccccc1. The summed E-state index contributed by atoms with van der Waals surface area (Å²) in [5, 5.41) is 9.28. The minimum absolute atomic E-state index is 0.00307. The Morgan fingerprint density at radius 3 is 2.62 bits per heavy atom. The van der Waals surface area contributed by atoms with Crippen molar-refractivity contribution in [1.29, 1.82) is 0 Å². The molecule has 0 saturated heterocycles. The lowest BCUT2D eigenvalue weighted by atomic mass is 10.1. The molecule has 0 fully saturated rings. The number of rotatable bonds is 5. The molecule has 2 nitrogen and oxygen atoms in total. The summed E-state index contributed by atoms with van der Waals surface area (Å²) in [4.78, 5) is 0. The highest BCUT2D eigenvalue weighted by molar-refractivity contribution is 5.52. The van der Waals surface area contributed by atoms with Gasteiger partial charge in [0.05, 0.1) is 0 Å². The fraction of sp³-hybridized carbons (Fsp3) is 0.286. The normalized spacial score (nSPS) is 12.6. The standard InChI is InChI=1S/C14H18O2/c1-3-7-14(15)16-11-12(2)10-13-8-5-4-6-9-13/h4-10,15H,3,11H2,1-2H3/b12-10+,14-7+. The van der Waals surface area contributed by atoms with E-state index in [2.05, 4.69) is 0 Å². The number of aliphatic hydroxyl groups is 1. The van der Waals surface area contributed by atoms with E-state index in [-0.39, 0.29) is 5.95 Å². The van der Waals surface area contributed by atoms with Crippen molar-refractivity contribution in [3.05, 3.63) is 53.5 Å². The molecule has 1 N–H and O–H groups in total. The van der Waals surface area contributed by atoms with Crippen LogP contribution in [0.25, 0.3) is 6.08 Å². The van der Waals surface area contributed by atoms with Crippen LogP contribution in [-0.4, -0.2) is 11.7 Å². The first-order chi connectivity index (χ1) is 7.72. The van der Waals surface area contributed by atoms with Gasteiger partial charge < -0.3 is 9.84 Å². The maximum atomic E-state index is 9.28. The molecule has 16 heavy (non-hydrogen) atoms. The molecular formula is C14H18O2. The van der Waals surface area contributed by atoms with E-state index in [9.17, 15) is 5.11 Å². The van der Waals surface area contributed by atoms with Crippen LogP contribution < -0.4 is 0 Å². The van der Waals surface area contributed by atoms with Crippen molar-refractivity contribution >= 4 is 6.08 Å². The molecule has 0 amide bonds. The molecule has 0 aliphatic heterocycles. The summed E-state index contributed by atoms with van der Waals surface area (Å²) in [5.41, 5.74) is 2.21. The van der Waals surface area contributed by atoms with Crippen LogP contribution in [0.15, 0.2) is 47.9 Å². The first-order valence-corrected chi connectivity index (χ1v) is 5.46. The zero-order valence-electron chi connectivity index (χ0n) is 9.81. The molecule has 0 radical (unpaired) electrons. The van der Waals surface area contributed by atoms with E-state index in [1.165, 1.54) is 0 Å². The van der Waals surface area contributed by atoms with Gasteiger partial charge in [-0.15, -0.1) is 0 Å². The van der Waals surface area contributed by atoms with E-state index in [1.54, 1.807) is 6.08 Å². The number of hydrogen-bond donors (Lipinski definition) is 1. The van der Waals surface area contributed by atoms with Crippen LogP contribution in [0, 0.1) is 0 Å². The summed E-state index contributed by atoms with van der Waals surface area (Å²) < 4.78 is 5.16. The number of benzene rings is 1. The zero-order valence-corrected chi connectivity index (χ0v) is 9.81. The van der Waals surface area contributed by atoms with Gasteiger partial charge in [-0.3, -0.25) is 0 Å². The average Bonchev–Trinajstić information content (AvgIpc) is 2.28. The molecule has 0 spiro atoms. The summed E-state index contributed by atoms with van der Waals surface area (Å²) in [6, 6.07) is 10.0. The largest absolute Gasteiger partial charge is 0.481 e. The van der Waals surface area contributed by atoms with Gasteiger partial charge in [-0.25, -0.2) is 0 Å². The number of hydrogen-bond acceptors (Lipinski definition) is 2. The molecule has 0 heterocycles. The lowest BCUT2D eigenvalue weighted by Crippen LogP contribution is -1.95. The minimum Gasteiger partial charge on any atom is -0.481 e. The predicted molar refractivity (Wildman–Crippen MR) is 67.0 cm³/mol. The van der Waals surface area contributed by atoms with Crippen molar-refractivity contribution in [3.8, 4) is 0 Å². The Labute approximate surface area is 96.9 Å². The monoisotopic (exact) mass is 218 g/mol. The third-order valence-corrected chi connectivity index (χ3v) is 2.04. The van der Waals surface area contributed by atoms with E-state index in [4.69, 9.17) is 4.74 Å². The summed E-state index contributed by atoms with van der Waals surface area (Å²) in [5.74, 6) is 0.00307. The van der Waals surface area contributed by atoms with E-state index in [0.717, 1.165) is 17.6 Å². The predicted octanol–water partition coefficient (Wildman–Crippen LogP) is 3.92. The molecule has 0 aromatic heterocycles. The maximum Gasteiger partial charge on any atom is 0.272 e. The Balaban J connectivity index is 2.50. The van der Waals surface area contributed by atoms with Crippen LogP contribution in [0.5, 0.6) is 0 Å². The fourth-order valence-corrected chi connectivity index (χ4v) is 1.30. The van der Waals surface area contributed by atoms with Gasteiger partial charge in [0.25, 0.3) is 5.95 Å². The summed E-state index contributed by atoms with van der Waals surface area (Å²) in [6.45, 7) is 4.34. The Kier molecular flexibility index (Phi) is 5.20. The summed E-state index contributed by atoms with van der Waals surface area (Å²) >= 11 is 0. The second-order valence-corrected chi connectivity index (χ2v) is 3.64. The highest BCUT2D eigenvalue weighted by atomic mass is 16.6. The summed E-state index contributed by atoms with van der Waals surface area (Å²) in [7, 11) is 0. The molecule has 0 saturated carbocycles. The first-order valence-electron chi connectivity index (χ1n) is 5.46. The molecule has 2 heteroatoms. The molecule has 0 bridgehead atoms. The Hall–Kier alpha value is -1.70. The van der Waals surface area contributed by atoms with Gasteiger partial charge in [0.1, 0.15) is 6.61 Å². The van der Waals surface area contributed by atoms with Crippen molar-refractivity contribution < 1.29 is 9.84 Å². The molecule has 0 unspecified atom stereocenters. The van der Waals surface area contributed by atoms with Crippen LogP contribution >= 0.6 is 0 Å².